The maximum atomic E-state index is 11.8. The summed E-state index contributed by atoms with van der Waals surface area (Å²) in [5.41, 5.74) is 3.37. The molecule has 4 heteroatoms. The van der Waals surface area contributed by atoms with E-state index in [0.717, 1.165) is 16.9 Å². The first-order chi connectivity index (χ1) is 9.51. The van der Waals surface area contributed by atoms with Gasteiger partial charge in [-0.25, -0.2) is 0 Å². The molecule has 1 aromatic carbocycles. The average Bonchev–Trinajstić information content (AvgIpc) is 2.42. The van der Waals surface area contributed by atoms with E-state index in [2.05, 4.69) is 18.3 Å². The van der Waals surface area contributed by atoms with Crippen molar-refractivity contribution in [1.29, 1.82) is 0 Å². The van der Waals surface area contributed by atoms with Crippen molar-refractivity contribution in [2.75, 3.05) is 19.8 Å². The smallest absolute Gasteiger partial charge is 0.326 e. The van der Waals surface area contributed by atoms with Gasteiger partial charge in [0.2, 0.25) is 0 Å². The van der Waals surface area contributed by atoms with Crippen LogP contribution in [-0.4, -0.2) is 31.8 Å². The minimum absolute atomic E-state index is 0.266. The first-order valence-electron chi connectivity index (χ1n) is 7.10. The van der Waals surface area contributed by atoms with Gasteiger partial charge in [0.1, 0.15) is 18.4 Å². The molecule has 0 fully saturated rings. The molecule has 4 nitrogen and oxygen atoms in total. The molecule has 112 valence electrons. The van der Waals surface area contributed by atoms with Crippen LogP contribution in [0.25, 0.3) is 0 Å². The van der Waals surface area contributed by atoms with Crippen LogP contribution in [0.5, 0.6) is 5.75 Å². The number of benzene rings is 1. The lowest BCUT2D eigenvalue weighted by Gasteiger charge is -2.19. The molecule has 0 aliphatic heterocycles. The number of esters is 1. The van der Waals surface area contributed by atoms with Crippen LogP contribution >= 0.6 is 0 Å². The van der Waals surface area contributed by atoms with Gasteiger partial charge in [0.25, 0.3) is 0 Å². The number of hydrogen-bond acceptors (Lipinski definition) is 4. The topological polar surface area (TPSA) is 47.6 Å². The Morgan fingerprint density at radius 2 is 1.85 bits per heavy atom. The number of likely N-dealkylation sites (N-methyl/N-ethyl adjacent to an activating group) is 1. The first-order valence-corrected chi connectivity index (χ1v) is 7.10. The number of ether oxygens (including phenoxy) is 2. The zero-order valence-electron chi connectivity index (χ0n) is 13.1. The third kappa shape index (κ3) is 4.23. The van der Waals surface area contributed by atoms with Crippen LogP contribution in [0.15, 0.2) is 12.1 Å². The molecule has 1 N–H and O–H groups in total. The Balaban J connectivity index is 2.77. The summed E-state index contributed by atoms with van der Waals surface area (Å²) in [5.74, 6) is 0.592. The predicted molar refractivity (Wildman–Crippen MR) is 80.2 cm³/mol. The lowest BCUT2D eigenvalue weighted by atomic mass is 10.1. The zero-order chi connectivity index (χ0) is 15.1. The second-order valence-corrected chi connectivity index (χ2v) is 4.83. The SMILES string of the molecule is CCNC(COc1c(C)ccc(C)c1C)C(=O)OCC. The van der Waals surface area contributed by atoms with Crippen LogP contribution in [-0.2, 0) is 9.53 Å². The van der Waals surface area contributed by atoms with E-state index in [1.54, 1.807) is 6.92 Å². The highest BCUT2D eigenvalue weighted by Crippen LogP contribution is 2.25. The van der Waals surface area contributed by atoms with Crippen molar-refractivity contribution in [2.24, 2.45) is 0 Å². The van der Waals surface area contributed by atoms with Gasteiger partial charge in [0.15, 0.2) is 0 Å². The van der Waals surface area contributed by atoms with Crippen molar-refractivity contribution in [3.8, 4) is 5.75 Å². The molecule has 0 aliphatic rings. The average molecular weight is 279 g/mol. The van der Waals surface area contributed by atoms with Crippen LogP contribution in [0.4, 0.5) is 0 Å². The third-order valence-electron chi connectivity index (χ3n) is 3.29. The molecule has 1 rings (SSSR count). The van der Waals surface area contributed by atoms with E-state index < -0.39 is 6.04 Å². The Morgan fingerprint density at radius 1 is 1.20 bits per heavy atom. The molecule has 0 radical (unpaired) electrons. The maximum absolute atomic E-state index is 11.8. The van der Waals surface area contributed by atoms with Crippen molar-refractivity contribution < 1.29 is 14.3 Å². The summed E-state index contributed by atoms with van der Waals surface area (Å²) >= 11 is 0. The van der Waals surface area contributed by atoms with Gasteiger partial charge in [0.05, 0.1) is 6.61 Å². The van der Waals surface area contributed by atoms with E-state index in [0.29, 0.717) is 13.2 Å². The van der Waals surface area contributed by atoms with E-state index in [1.165, 1.54) is 5.56 Å². The lowest BCUT2D eigenvalue weighted by Crippen LogP contribution is -2.42. The molecular formula is C16H25NO3. The van der Waals surface area contributed by atoms with Gasteiger partial charge in [-0.3, -0.25) is 4.79 Å². The number of rotatable bonds is 7. The molecule has 0 spiro atoms. The highest BCUT2D eigenvalue weighted by atomic mass is 16.5. The second kappa shape index (κ2) is 7.90. The number of carbonyl (C=O) groups is 1. The largest absolute Gasteiger partial charge is 0.491 e. The Bertz CT molecular complexity index is 457. The van der Waals surface area contributed by atoms with E-state index in [4.69, 9.17) is 9.47 Å². The molecule has 0 bridgehead atoms. The summed E-state index contributed by atoms with van der Waals surface area (Å²) in [6, 6.07) is 3.67. The minimum atomic E-state index is -0.431. The molecule has 0 aliphatic carbocycles. The number of nitrogens with one attached hydrogen (secondary N) is 1. The lowest BCUT2D eigenvalue weighted by molar-refractivity contribution is -0.146. The molecular weight excluding hydrogens is 254 g/mol. The summed E-state index contributed by atoms with van der Waals surface area (Å²) in [6.45, 7) is 11.2. The van der Waals surface area contributed by atoms with Crippen molar-refractivity contribution in [1.82, 2.24) is 5.32 Å². The van der Waals surface area contributed by atoms with E-state index in [1.807, 2.05) is 26.8 Å². The Morgan fingerprint density at radius 3 is 2.45 bits per heavy atom. The standard InChI is InChI=1S/C16H25NO3/c1-6-17-14(16(18)19-7-2)10-20-15-12(4)9-8-11(3)13(15)5/h8-9,14,17H,6-7,10H2,1-5H3. The third-order valence-corrected chi connectivity index (χ3v) is 3.29. The van der Waals surface area contributed by atoms with Gasteiger partial charge < -0.3 is 14.8 Å². The quantitative estimate of drug-likeness (QED) is 0.779. The zero-order valence-corrected chi connectivity index (χ0v) is 13.1. The number of hydrogen-bond donors (Lipinski definition) is 1. The van der Waals surface area contributed by atoms with Crippen molar-refractivity contribution in [2.45, 2.75) is 40.7 Å². The fourth-order valence-electron chi connectivity index (χ4n) is 2.01. The maximum Gasteiger partial charge on any atom is 0.326 e. The van der Waals surface area contributed by atoms with Gasteiger partial charge in [0, 0.05) is 0 Å². The summed E-state index contributed by atoms with van der Waals surface area (Å²) in [4.78, 5) is 11.8. The second-order valence-electron chi connectivity index (χ2n) is 4.83. The number of aryl methyl sites for hydroxylation is 2. The first kappa shape index (κ1) is 16.5. The molecule has 0 heterocycles. The summed E-state index contributed by atoms with van der Waals surface area (Å²) < 4.78 is 10.9. The number of carbonyl (C=O) groups excluding carboxylic acids is 1. The molecule has 0 amide bonds. The van der Waals surface area contributed by atoms with Gasteiger partial charge in [-0.2, -0.15) is 0 Å². The molecule has 20 heavy (non-hydrogen) atoms. The molecule has 1 aromatic rings. The predicted octanol–water partition coefficient (Wildman–Crippen LogP) is 2.53. The minimum Gasteiger partial charge on any atom is -0.491 e. The van der Waals surface area contributed by atoms with Gasteiger partial charge in [-0.15, -0.1) is 0 Å². The van der Waals surface area contributed by atoms with Crippen molar-refractivity contribution in [3.63, 3.8) is 0 Å². The fourth-order valence-corrected chi connectivity index (χ4v) is 2.01. The van der Waals surface area contributed by atoms with Crippen LogP contribution in [0.3, 0.4) is 0 Å². The highest BCUT2D eigenvalue weighted by molar-refractivity contribution is 5.76. The van der Waals surface area contributed by atoms with Gasteiger partial charge >= 0.3 is 5.97 Å². The Labute approximate surface area is 121 Å². The van der Waals surface area contributed by atoms with Crippen LogP contribution < -0.4 is 10.1 Å². The highest BCUT2D eigenvalue weighted by Gasteiger charge is 2.20. The van der Waals surface area contributed by atoms with Crippen LogP contribution in [0.2, 0.25) is 0 Å². The monoisotopic (exact) mass is 279 g/mol. The molecule has 0 saturated heterocycles. The summed E-state index contributed by atoms with van der Waals surface area (Å²) in [5, 5.41) is 3.09. The normalized spacial score (nSPS) is 12.1. The Kier molecular flexibility index (Phi) is 6.52. The summed E-state index contributed by atoms with van der Waals surface area (Å²) in [6.07, 6.45) is 0. The van der Waals surface area contributed by atoms with E-state index in [9.17, 15) is 4.79 Å². The summed E-state index contributed by atoms with van der Waals surface area (Å²) in [7, 11) is 0. The Hall–Kier alpha value is -1.55. The van der Waals surface area contributed by atoms with Gasteiger partial charge in [-0.1, -0.05) is 19.1 Å². The van der Waals surface area contributed by atoms with Crippen molar-refractivity contribution >= 4 is 5.97 Å². The molecule has 1 atom stereocenters. The van der Waals surface area contributed by atoms with Gasteiger partial charge in [-0.05, 0) is 50.9 Å². The fraction of sp³-hybridized carbons (Fsp3) is 0.562. The molecule has 0 aromatic heterocycles. The van der Waals surface area contributed by atoms with Crippen LogP contribution in [0, 0.1) is 20.8 Å². The molecule has 1 unspecified atom stereocenters. The van der Waals surface area contributed by atoms with Crippen LogP contribution in [0.1, 0.15) is 30.5 Å². The molecule has 0 saturated carbocycles. The van der Waals surface area contributed by atoms with E-state index >= 15 is 0 Å². The van der Waals surface area contributed by atoms with Crippen molar-refractivity contribution in [3.05, 3.63) is 28.8 Å². The van der Waals surface area contributed by atoms with E-state index in [-0.39, 0.29) is 12.6 Å².